The maximum atomic E-state index is 12.3. The molecule has 0 radical (unpaired) electrons. The number of ether oxygens (including phenoxy) is 1. The largest absolute Gasteiger partial charge is 0.496 e. The molecule has 0 amide bonds. The first kappa shape index (κ1) is 15.7. The van der Waals surface area contributed by atoms with Crippen molar-refractivity contribution in [2.75, 3.05) is 7.11 Å². The van der Waals surface area contributed by atoms with Crippen LogP contribution in [-0.4, -0.2) is 18.9 Å². The van der Waals surface area contributed by atoms with E-state index in [4.69, 9.17) is 10.5 Å². The van der Waals surface area contributed by atoms with Crippen LogP contribution in [0, 0.1) is 5.92 Å². The molecule has 1 aromatic carbocycles. The standard InChI is InChI=1S/C16H25NO2/c1-10(2)8-14(17)16(18)12-6-7-15(19-5)13(9-12)11(3)4/h6-7,9-11,14H,8,17H2,1-5H3. The maximum Gasteiger partial charge on any atom is 0.179 e. The smallest absolute Gasteiger partial charge is 0.179 e. The first-order valence-electron chi connectivity index (χ1n) is 6.84. The highest BCUT2D eigenvalue weighted by molar-refractivity contribution is 6.00. The van der Waals surface area contributed by atoms with Gasteiger partial charge in [0.1, 0.15) is 5.75 Å². The predicted octanol–water partition coefficient (Wildman–Crippen LogP) is 3.37. The summed E-state index contributed by atoms with van der Waals surface area (Å²) in [5.41, 5.74) is 7.69. The molecule has 0 saturated carbocycles. The zero-order valence-corrected chi connectivity index (χ0v) is 12.6. The van der Waals surface area contributed by atoms with Crippen molar-refractivity contribution in [2.24, 2.45) is 11.7 Å². The van der Waals surface area contributed by atoms with E-state index in [2.05, 4.69) is 27.7 Å². The molecule has 0 aromatic heterocycles. The molecule has 0 saturated heterocycles. The molecule has 0 bridgehead atoms. The number of ketones is 1. The van der Waals surface area contributed by atoms with Crippen molar-refractivity contribution < 1.29 is 9.53 Å². The van der Waals surface area contributed by atoms with Gasteiger partial charge in [0.05, 0.1) is 13.2 Å². The third-order valence-electron chi connectivity index (χ3n) is 3.20. The van der Waals surface area contributed by atoms with Crippen molar-refractivity contribution >= 4 is 5.78 Å². The Bertz CT molecular complexity index is 438. The fourth-order valence-electron chi connectivity index (χ4n) is 2.17. The lowest BCUT2D eigenvalue weighted by Gasteiger charge is -2.16. The molecule has 0 aliphatic rings. The molecule has 0 aliphatic heterocycles. The Morgan fingerprint density at radius 2 is 1.89 bits per heavy atom. The van der Waals surface area contributed by atoms with Gasteiger partial charge in [-0.25, -0.2) is 0 Å². The van der Waals surface area contributed by atoms with Crippen LogP contribution >= 0.6 is 0 Å². The summed E-state index contributed by atoms with van der Waals surface area (Å²) in [7, 11) is 1.65. The van der Waals surface area contributed by atoms with E-state index >= 15 is 0 Å². The van der Waals surface area contributed by atoms with Crippen molar-refractivity contribution in [3.05, 3.63) is 29.3 Å². The Morgan fingerprint density at radius 1 is 1.26 bits per heavy atom. The first-order chi connectivity index (χ1) is 8.86. The number of carbonyl (C=O) groups excluding carboxylic acids is 1. The van der Waals surface area contributed by atoms with Crippen LogP contribution in [0.4, 0.5) is 0 Å². The molecule has 0 aliphatic carbocycles. The summed E-state index contributed by atoms with van der Waals surface area (Å²) in [6, 6.07) is 5.14. The molecule has 0 fully saturated rings. The van der Waals surface area contributed by atoms with Crippen LogP contribution in [0.15, 0.2) is 18.2 Å². The SMILES string of the molecule is COc1ccc(C(=O)C(N)CC(C)C)cc1C(C)C. The second kappa shape index (κ2) is 6.71. The molecule has 1 atom stereocenters. The average molecular weight is 263 g/mol. The summed E-state index contributed by atoms with van der Waals surface area (Å²) < 4.78 is 5.32. The second-order valence-corrected chi connectivity index (χ2v) is 5.71. The van der Waals surface area contributed by atoms with Crippen LogP contribution < -0.4 is 10.5 Å². The highest BCUT2D eigenvalue weighted by atomic mass is 16.5. The molecular formula is C16H25NO2. The van der Waals surface area contributed by atoms with E-state index in [1.54, 1.807) is 13.2 Å². The van der Waals surface area contributed by atoms with E-state index in [0.717, 1.165) is 11.3 Å². The molecule has 0 spiro atoms. The molecule has 3 nitrogen and oxygen atoms in total. The molecule has 1 rings (SSSR count). The van der Waals surface area contributed by atoms with Crippen LogP contribution in [0.2, 0.25) is 0 Å². The van der Waals surface area contributed by atoms with Gasteiger partial charge < -0.3 is 10.5 Å². The number of carbonyl (C=O) groups is 1. The van der Waals surface area contributed by atoms with Gasteiger partial charge in [-0.2, -0.15) is 0 Å². The third kappa shape index (κ3) is 4.06. The monoisotopic (exact) mass is 263 g/mol. The van der Waals surface area contributed by atoms with Crippen molar-refractivity contribution in [1.82, 2.24) is 0 Å². The number of benzene rings is 1. The summed E-state index contributed by atoms with van der Waals surface area (Å²) in [5.74, 6) is 1.56. The molecule has 3 heteroatoms. The van der Waals surface area contributed by atoms with Gasteiger partial charge in [-0.15, -0.1) is 0 Å². The highest BCUT2D eigenvalue weighted by Crippen LogP contribution is 2.27. The van der Waals surface area contributed by atoms with E-state index in [0.29, 0.717) is 23.8 Å². The lowest BCUT2D eigenvalue weighted by molar-refractivity contribution is 0.0951. The van der Waals surface area contributed by atoms with Crippen molar-refractivity contribution in [2.45, 2.75) is 46.1 Å². The lowest BCUT2D eigenvalue weighted by Crippen LogP contribution is -2.32. The Kier molecular flexibility index (Phi) is 5.55. The molecule has 19 heavy (non-hydrogen) atoms. The Morgan fingerprint density at radius 3 is 2.37 bits per heavy atom. The first-order valence-corrected chi connectivity index (χ1v) is 6.84. The van der Waals surface area contributed by atoms with Crippen LogP contribution in [-0.2, 0) is 0 Å². The highest BCUT2D eigenvalue weighted by Gasteiger charge is 2.19. The number of hydrogen-bond donors (Lipinski definition) is 1. The van der Waals surface area contributed by atoms with Gasteiger partial charge in [0.15, 0.2) is 5.78 Å². The molecule has 2 N–H and O–H groups in total. The van der Waals surface area contributed by atoms with Gasteiger partial charge in [-0.3, -0.25) is 4.79 Å². The molecule has 1 aromatic rings. The minimum Gasteiger partial charge on any atom is -0.496 e. The van der Waals surface area contributed by atoms with Gasteiger partial charge in [-0.05, 0) is 42.0 Å². The fraction of sp³-hybridized carbons (Fsp3) is 0.562. The van der Waals surface area contributed by atoms with Gasteiger partial charge in [0, 0.05) is 5.56 Å². The summed E-state index contributed by atoms with van der Waals surface area (Å²) >= 11 is 0. The van der Waals surface area contributed by atoms with Gasteiger partial charge >= 0.3 is 0 Å². The van der Waals surface area contributed by atoms with Crippen LogP contribution in [0.1, 0.15) is 56.0 Å². The summed E-state index contributed by atoms with van der Waals surface area (Å²) in [4.78, 5) is 12.3. The van der Waals surface area contributed by atoms with E-state index in [1.807, 2.05) is 12.1 Å². The Labute approximate surface area is 116 Å². The molecule has 106 valence electrons. The van der Waals surface area contributed by atoms with Crippen molar-refractivity contribution in [1.29, 1.82) is 0 Å². The second-order valence-electron chi connectivity index (χ2n) is 5.71. The van der Waals surface area contributed by atoms with Crippen LogP contribution in [0.5, 0.6) is 5.75 Å². The van der Waals surface area contributed by atoms with E-state index < -0.39 is 6.04 Å². The number of methoxy groups -OCH3 is 1. The van der Waals surface area contributed by atoms with Crippen molar-refractivity contribution in [3.63, 3.8) is 0 Å². The van der Waals surface area contributed by atoms with Gasteiger partial charge in [0.2, 0.25) is 0 Å². The number of rotatable bonds is 6. The van der Waals surface area contributed by atoms with Crippen molar-refractivity contribution in [3.8, 4) is 5.75 Å². The quantitative estimate of drug-likeness (QED) is 0.800. The minimum absolute atomic E-state index is 0.0123. The van der Waals surface area contributed by atoms with Crippen LogP contribution in [0.25, 0.3) is 0 Å². The normalized spacial score (nSPS) is 12.8. The zero-order chi connectivity index (χ0) is 14.6. The van der Waals surface area contributed by atoms with Gasteiger partial charge in [-0.1, -0.05) is 27.7 Å². The molecule has 1 unspecified atom stereocenters. The third-order valence-corrected chi connectivity index (χ3v) is 3.20. The minimum atomic E-state index is -0.423. The number of nitrogens with two attached hydrogens (primary N) is 1. The predicted molar refractivity (Wildman–Crippen MR) is 78.8 cm³/mol. The Balaban J connectivity index is 3.01. The number of hydrogen-bond acceptors (Lipinski definition) is 3. The van der Waals surface area contributed by atoms with E-state index in [9.17, 15) is 4.79 Å². The summed E-state index contributed by atoms with van der Waals surface area (Å²) in [6.07, 6.45) is 0.710. The number of Topliss-reactive ketones (excluding diaryl/α,β-unsaturated/α-hetero) is 1. The van der Waals surface area contributed by atoms with Crippen LogP contribution in [0.3, 0.4) is 0 Å². The zero-order valence-electron chi connectivity index (χ0n) is 12.6. The van der Waals surface area contributed by atoms with E-state index in [1.165, 1.54) is 0 Å². The molecular weight excluding hydrogens is 238 g/mol. The summed E-state index contributed by atoms with van der Waals surface area (Å²) in [6.45, 7) is 8.31. The fourth-order valence-corrected chi connectivity index (χ4v) is 2.17. The Hall–Kier alpha value is -1.35. The topological polar surface area (TPSA) is 52.3 Å². The molecule has 0 heterocycles. The van der Waals surface area contributed by atoms with Gasteiger partial charge in [0.25, 0.3) is 0 Å². The maximum absolute atomic E-state index is 12.3. The lowest BCUT2D eigenvalue weighted by atomic mass is 9.93. The van der Waals surface area contributed by atoms with E-state index in [-0.39, 0.29) is 5.78 Å². The summed E-state index contributed by atoms with van der Waals surface area (Å²) in [5, 5.41) is 0. The average Bonchev–Trinajstić information content (AvgIpc) is 2.36.